The van der Waals surface area contributed by atoms with Gasteiger partial charge in [-0.1, -0.05) is 25.1 Å². The van der Waals surface area contributed by atoms with E-state index in [-0.39, 0.29) is 11.3 Å². The molecule has 4 N–H and O–H groups in total. The Bertz CT molecular complexity index is 1500. The van der Waals surface area contributed by atoms with Crippen LogP contribution >= 0.6 is 0 Å². The third-order valence-electron chi connectivity index (χ3n) is 5.45. The van der Waals surface area contributed by atoms with Gasteiger partial charge in [0.15, 0.2) is 5.82 Å². The average molecular weight is 551 g/mol. The van der Waals surface area contributed by atoms with Gasteiger partial charge in [-0.3, -0.25) is 9.35 Å². The number of rotatable bonds is 7. The number of amides is 1. The maximum atomic E-state index is 12.4. The first-order chi connectivity index (χ1) is 17.8. The highest BCUT2D eigenvalue weighted by Crippen LogP contribution is 2.26. The molecule has 0 aliphatic heterocycles. The summed E-state index contributed by atoms with van der Waals surface area (Å²) in [5, 5.41) is 5.69. The Hall–Kier alpha value is -4.04. The maximum absolute atomic E-state index is 12.4. The van der Waals surface area contributed by atoms with Crippen LogP contribution in [0.2, 0.25) is 0 Å². The minimum Gasteiger partial charge on any atom is -0.356 e. The lowest BCUT2D eigenvalue weighted by Gasteiger charge is -2.29. The van der Waals surface area contributed by atoms with Crippen molar-refractivity contribution in [2.45, 2.75) is 36.9 Å². The van der Waals surface area contributed by atoms with Gasteiger partial charge in [0.05, 0.1) is 4.90 Å². The van der Waals surface area contributed by atoms with Crippen LogP contribution in [-0.4, -0.2) is 57.1 Å². The predicted octanol–water partition coefficient (Wildman–Crippen LogP) is 4.21. The second-order valence-corrected chi connectivity index (χ2v) is 9.69. The number of pyridine rings is 1. The van der Waals surface area contributed by atoms with E-state index in [2.05, 4.69) is 25.3 Å². The fraction of sp³-hybridized carbons (Fsp3) is 0.250. The number of fused-ring (bicyclic) bond motifs is 1. The number of carbonyl (C=O) groups is 1. The lowest BCUT2D eigenvalue weighted by molar-refractivity contribution is -0.140. The van der Waals surface area contributed by atoms with Gasteiger partial charge in [0.1, 0.15) is 23.5 Å². The molecule has 10 nitrogen and oxygen atoms in total. The number of carbonyl (C=O) groups excluding carboxylic acids is 1. The summed E-state index contributed by atoms with van der Waals surface area (Å²) in [7, 11) is -4.00. The van der Waals surface area contributed by atoms with Gasteiger partial charge in [0, 0.05) is 29.5 Å². The van der Waals surface area contributed by atoms with E-state index in [1.165, 1.54) is 25.3 Å². The minimum absolute atomic E-state index is 0.0741. The SMILES string of the molecule is CC[C@@](C)(Nc1ccnc(-c2c[nH]c3ncccc23)n1)C(=O)NCC(F)(F)F.O=S(=O)(O)c1ccccc1. The molecule has 0 bridgehead atoms. The quantitative estimate of drug-likeness (QED) is 0.250. The van der Waals surface area contributed by atoms with E-state index in [9.17, 15) is 26.4 Å². The number of alkyl halides is 3. The van der Waals surface area contributed by atoms with Gasteiger partial charge in [-0.05, 0) is 43.7 Å². The van der Waals surface area contributed by atoms with Crippen LogP contribution in [0.4, 0.5) is 19.0 Å². The molecule has 0 aliphatic carbocycles. The van der Waals surface area contributed by atoms with Gasteiger partial charge < -0.3 is 15.6 Å². The normalized spacial score (nSPS) is 13.2. The Morgan fingerprint density at radius 2 is 1.76 bits per heavy atom. The van der Waals surface area contributed by atoms with Crippen LogP contribution in [0.25, 0.3) is 22.4 Å². The van der Waals surface area contributed by atoms with Crippen LogP contribution in [-0.2, 0) is 14.9 Å². The molecule has 4 aromatic rings. The molecule has 14 heteroatoms. The molecule has 0 saturated heterocycles. The summed E-state index contributed by atoms with van der Waals surface area (Å²) in [5.74, 6) is -0.0306. The van der Waals surface area contributed by atoms with Gasteiger partial charge >= 0.3 is 6.18 Å². The first-order valence-corrected chi connectivity index (χ1v) is 12.7. The first-order valence-electron chi connectivity index (χ1n) is 11.2. The summed E-state index contributed by atoms with van der Waals surface area (Å²) in [6.07, 6.45) is 0.686. The van der Waals surface area contributed by atoms with Crippen molar-refractivity contribution in [2.75, 3.05) is 11.9 Å². The molecule has 202 valence electrons. The van der Waals surface area contributed by atoms with Crippen LogP contribution < -0.4 is 10.6 Å². The molecule has 3 heterocycles. The molecule has 0 fully saturated rings. The van der Waals surface area contributed by atoms with Crippen LogP contribution in [0.3, 0.4) is 0 Å². The van der Waals surface area contributed by atoms with Crippen molar-refractivity contribution in [3.63, 3.8) is 0 Å². The largest absolute Gasteiger partial charge is 0.405 e. The van der Waals surface area contributed by atoms with Crippen LogP contribution in [0, 0.1) is 0 Å². The fourth-order valence-electron chi connectivity index (χ4n) is 3.26. The summed E-state index contributed by atoms with van der Waals surface area (Å²) in [6, 6.07) is 12.6. The zero-order chi connectivity index (χ0) is 28.0. The maximum Gasteiger partial charge on any atom is 0.405 e. The molecule has 0 spiro atoms. The van der Waals surface area contributed by atoms with Gasteiger partial charge in [-0.25, -0.2) is 15.0 Å². The first kappa shape index (κ1) is 28.5. The average Bonchev–Trinajstić information content (AvgIpc) is 3.31. The molecular weight excluding hydrogens is 525 g/mol. The zero-order valence-corrected chi connectivity index (χ0v) is 21.1. The number of hydrogen-bond donors (Lipinski definition) is 4. The van der Waals surface area contributed by atoms with Gasteiger partial charge in [0.2, 0.25) is 5.91 Å². The molecule has 0 radical (unpaired) electrons. The number of nitrogens with one attached hydrogen (secondary N) is 3. The van der Waals surface area contributed by atoms with Crippen LogP contribution in [0.1, 0.15) is 20.3 Å². The third-order valence-corrected chi connectivity index (χ3v) is 6.32. The summed E-state index contributed by atoms with van der Waals surface area (Å²) in [5.41, 5.74) is 0.148. The van der Waals surface area contributed by atoms with Crippen molar-refractivity contribution < 1.29 is 30.9 Å². The second-order valence-electron chi connectivity index (χ2n) is 8.26. The fourth-order valence-corrected chi connectivity index (χ4v) is 3.76. The number of halogens is 3. The van der Waals surface area contributed by atoms with Gasteiger partial charge in [0.25, 0.3) is 10.1 Å². The molecule has 3 aromatic heterocycles. The Morgan fingerprint density at radius 1 is 1.05 bits per heavy atom. The number of aromatic nitrogens is 4. The van der Waals surface area contributed by atoms with E-state index in [1.807, 2.05) is 11.4 Å². The van der Waals surface area contributed by atoms with E-state index < -0.39 is 34.3 Å². The molecule has 38 heavy (non-hydrogen) atoms. The Kier molecular flexibility index (Phi) is 8.68. The monoisotopic (exact) mass is 550 g/mol. The topological polar surface area (TPSA) is 150 Å². The number of benzene rings is 1. The second kappa shape index (κ2) is 11.6. The predicted molar refractivity (Wildman–Crippen MR) is 135 cm³/mol. The van der Waals surface area contributed by atoms with Crippen molar-refractivity contribution in [3.05, 3.63) is 67.1 Å². The van der Waals surface area contributed by atoms with Crippen molar-refractivity contribution in [2.24, 2.45) is 0 Å². The van der Waals surface area contributed by atoms with E-state index in [0.29, 0.717) is 17.3 Å². The smallest absolute Gasteiger partial charge is 0.356 e. The molecular formula is C24H25F3N6O4S. The number of anilines is 1. The van der Waals surface area contributed by atoms with Crippen molar-refractivity contribution in [3.8, 4) is 11.4 Å². The standard InChI is InChI=1S/C18H19F3N6O.C6H6O3S/c1-3-17(2,16(28)25-10-18(19,20)21)27-13-6-8-23-15(26-13)12-9-24-14-11(12)5-4-7-22-14;7-10(8,9)6-4-2-1-3-5-6/h4-9H,3,10H2,1-2H3,(H,22,24)(H,25,28)(H,23,26,27);1-5H,(H,7,8,9)/t17-;/m1./s1. The Balaban J connectivity index is 0.000000336. The Labute approximate surface area is 216 Å². The summed E-state index contributed by atoms with van der Waals surface area (Å²) in [6.45, 7) is 1.84. The van der Waals surface area contributed by atoms with Crippen LogP contribution in [0.15, 0.2) is 72.0 Å². The van der Waals surface area contributed by atoms with Crippen LogP contribution in [0.5, 0.6) is 0 Å². The highest BCUT2D eigenvalue weighted by Gasteiger charge is 2.35. The number of nitrogens with zero attached hydrogens (tertiary/aromatic N) is 3. The summed E-state index contributed by atoms with van der Waals surface area (Å²) in [4.78, 5) is 28.1. The minimum atomic E-state index is -4.48. The molecule has 1 aromatic carbocycles. The molecule has 0 unspecified atom stereocenters. The van der Waals surface area contributed by atoms with E-state index in [1.54, 1.807) is 49.6 Å². The van der Waals surface area contributed by atoms with Crippen molar-refractivity contribution in [1.29, 1.82) is 0 Å². The summed E-state index contributed by atoms with van der Waals surface area (Å²) >= 11 is 0. The highest BCUT2D eigenvalue weighted by atomic mass is 32.2. The van der Waals surface area contributed by atoms with E-state index >= 15 is 0 Å². The van der Waals surface area contributed by atoms with Crippen molar-refractivity contribution >= 4 is 32.9 Å². The summed E-state index contributed by atoms with van der Waals surface area (Å²) < 4.78 is 66.5. The molecule has 1 amide bonds. The molecule has 0 aliphatic rings. The Morgan fingerprint density at radius 3 is 2.37 bits per heavy atom. The zero-order valence-electron chi connectivity index (χ0n) is 20.3. The lowest BCUT2D eigenvalue weighted by atomic mass is 9.97. The van der Waals surface area contributed by atoms with Crippen molar-refractivity contribution in [1.82, 2.24) is 25.3 Å². The van der Waals surface area contributed by atoms with Gasteiger partial charge in [-0.15, -0.1) is 0 Å². The molecule has 0 saturated carbocycles. The number of H-pyrrole nitrogens is 1. The lowest BCUT2D eigenvalue weighted by Crippen LogP contribution is -2.52. The highest BCUT2D eigenvalue weighted by molar-refractivity contribution is 7.85. The van der Waals surface area contributed by atoms with E-state index in [4.69, 9.17) is 4.55 Å². The number of hydrogen-bond acceptors (Lipinski definition) is 7. The van der Waals surface area contributed by atoms with Gasteiger partial charge in [-0.2, -0.15) is 21.6 Å². The molecule has 1 atom stereocenters. The number of aromatic amines is 1. The third kappa shape index (κ3) is 7.49. The van der Waals surface area contributed by atoms with E-state index in [0.717, 1.165) is 10.9 Å². The molecule has 4 rings (SSSR count).